The van der Waals surface area contributed by atoms with E-state index in [1.807, 2.05) is 0 Å². The third-order valence-corrected chi connectivity index (χ3v) is 1.39. The highest BCUT2D eigenvalue weighted by atomic mass is 19.1. The Morgan fingerprint density at radius 2 is 2.36 bits per heavy atom. The van der Waals surface area contributed by atoms with Crippen LogP contribution in [0.5, 0.6) is 0 Å². The number of hydrogen-bond acceptors (Lipinski definition) is 3. The van der Waals surface area contributed by atoms with Crippen molar-refractivity contribution in [2.45, 2.75) is 6.04 Å². The molecule has 1 atom stereocenters. The van der Waals surface area contributed by atoms with Crippen LogP contribution in [-0.4, -0.2) is 11.5 Å². The molecule has 11 heavy (non-hydrogen) atoms. The molecular weight excluding hydrogens is 145 g/mol. The van der Waals surface area contributed by atoms with Gasteiger partial charge >= 0.3 is 0 Å². The number of nitrogens with zero attached hydrogens (tertiary/aromatic N) is 1. The summed E-state index contributed by atoms with van der Waals surface area (Å²) in [6.45, 7) is 0.202. The minimum atomic E-state index is -0.504. The van der Waals surface area contributed by atoms with Gasteiger partial charge in [-0.05, 0) is 12.1 Å². The number of hydrogen-bond donors (Lipinski definition) is 2. The van der Waals surface area contributed by atoms with Crippen molar-refractivity contribution in [2.24, 2.45) is 11.5 Å². The van der Waals surface area contributed by atoms with Crippen LogP contribution in [0.1, 0.15) is 11.7 Å². The molecule has 0 aromatic carbocycles. The van der Waals surface area contributed by atoms with Crippen LogP contribution in [0.15, 0.2) is 18.3 Å². The van der Waals surface area contributed by atoms with E-state index < -0.39 is 11.9 Å². The average molecular weight is 155 g/mol. The largest absolute Gasteiger partial charge is 0.329 e. The molecule has 60 valence electrons. The van der Waals surface area contributed by atoms with Gasteiger partial charge in [0, 0.05) is 12.7 Å². The third-order valence-electron chi connectivity index (χ3n) is 1.39. The lowest BCUT2D eigenvalue weighted by atomic mass is 10.2. The summed E-state index contributed by atoms with van der Waals surface area (Å²) in [4.78, 5) is 3.77. The van der Waals surface area contributed by atoms with E-state index >= 15 is 0 Å². The summed E-state index contributed by atoms with van der Waals surface area (Å²) in [5, 5.41) is 0. The highest BCUT2D eigenvalue weighted by molar-refractivity contribution is 5.11. The quantitative estimate of drug-likeness (QED) is 0.640. The summed E-state index contributed by atoms with van der Waals surface area (Å²) < 4.78 is 12.8. The van der Waals surface area contributed by atoms with Crippen molar-refractivity contribution >= 4 is 0 Å². The molecule has 0 unspecified atom stereocenters. The second-order valence-corrected chi connectivity index (χ2v) is 2.21. The Morgan fingerprint density at radius 1 is 1.64 bits per heavy atom. The van der Waals surface area contributed by atoms with Gasteiger partial charge in [0.2, 0.25) is 0 Å². The zero-order chi connectivity index (χ0) is 8.27. The lowest BCUT2D eigenvalue weighted by Gasteiger charge is -2.07. The van der Waals surface area contributed by atoms with Gasteiger partial charge in [0.05, 0.1) is 11.7 Å². The summed E-state index contributed by atoms with van der Waals surface area (Å²) >= 11 is 0. The molecule has 0 radical (unpaired) electrons. The van der Waals surface area contributed by atoms with Crippen LogP contribution >= 0.6 is 0 Å². The molecule has 4 heteroatoms. The van der Waals surface area contributed by atoms with Crippen LogP contribution in [0.2, 0.25) is 0 Å². The Balaban J connectivity index is 2.93. The number of halogens is 1. The Labute approximate surface area is 64.2 Å². The first kappa shape index (κ1) is 8.10. The maximum absolute atomic E-state index is 12.8. The maximum atomic E-state index is 12.8. The van der Waals surface area contributed by atoms with Crippen LogP contribution in [0, 0.1) is 5.82 Å². The summed E-state index contributed by atoms with van der Waals surface area (Å²) in [5.74, 6) is -0.398. The molecule has 0 bridgehead atoms. The van der Waals surface area contributed by atoms with Gasteiger partial charge in [0.15, 0.2) is 0 Å². The van der Waals surface area contributed by atoms with Crippen molar-refractivity contribution in [3.63, 3.8) is 0 Å². The molecule has 0 aliphatic rings. The summed E-state index contributed by atoms with van der Waals surface area (Å²) in [7, 11) is 0. The molecule has 1 rings (SSSR count). The van der Waals surface area contributed by atoms with Gasteiger partial charge in [-0.25, -0.2) is 4.39 Å². The Hall–Kier alpha value is -1.00. The molecule has 1 heterocycles. The molecule has 0 aliphatic heterocycles. The predicted molar refractivity (Wildman–Crippen MR) is 40.2 cm³/mol. The lowest BCUT2D eigenvalue weighted by Crippen LogP contribution is -2.22. The second-order valence-electron chi connectivity index (χ2n) is 2.21. The van der Waals surface area contributed by atoms with Crippen molar-refractivity contribution in [1.29, 1.82) is 0 Å². The molecule has 0 fully saturated rings. The highest BCUT2D eigenvalue weighted by Crippen LogP contribution is 2.09. The Morgan fingerprint density at radius 3 is 2.91 bits per heavy atom. The maximum Gasteiger partial charge on any atom is 0.146 e. The minimum absolute atomic E-state index is 0.202. The van der Waals surface area contributed by atoms with Gasteiger partial charge in [0.1, 0.15) is 5.82 Å². The molecule has 0 saturated carbocycles. The summed E-state index contributed by atoms with van der Waals surface area (Å²) in [5.41, 5.74) is 10.9. The molecule has 4 N–H and O–H groups in total. The van der Waals surface area contributed by atoms with Crippen LogP contribution < -0.4 is 11.5 Å². The highest BCUT2D eigenvalue weighted by Gasteiger charge is 2.09. The number of aromatic nitrogens is 1. The third kappa shape index (κ3) is 1.72. The first-order valence-corrected chi connectivity index (χ1v) is 3.31. The van der Waals surface area contributed by atoms with E-state index in [4.69, 9.17) is 11.5 Å². The van der Waals surface area contributed by atoms with Crippen molar-refractivity contribution < 1.29 is 4.39 Å². The monoisotopic (exact) mass is 155 g/mol. The van der Waals surface area contributed by atoms with E-state index in [0.29, 0.717) is 0 Å². The SMILES string of the molecule is NC[C@H](N)c1ncccc1F. The van der Waals surface area contributed by atoms with Crippen molar-refractivity contribution in [1.82, 2.24) is 4.98 Å². The van der Waals surface area contributed by atoms with Gasteiger partial charge in [-0.1, -0.05) is 0 Å². The molecule has 3 nitrogen and oxygen atoms in total. The first-order valence-electron chi connectivity index (χ1n) is 3.31. The van der Waals surface area contributed by atoms with Crippen LogP contribution in [0.25, 0.3) is 0 Å². The minimum Gasteiger partial charge on any atom is -0.329 e. The Bertz CT molecular complexity index is 239. The molecule has 0 amide bonds. The number of nitrogens with two attached hydrogens (primary N) is 2. The van der Waals surface area contributed by atoms with Gasteiger partial charge in [-0.3, -0.25) is 4.98 Å². The van der Waals surface area contributed by atoms with Crippen molar-refractivity contribution in [2.75, 3.05) is 6.54 Å². The summed E-state index contributed by atoms with van der Waals surface area (Å²) in [6, 6.07) is 2.33. The fourth-order valence-corrected chi connectivity index (χ4v) is 0.782. The molecule has 0 spiro atoms. The van der Waals surface area contributed by atoms with Gasteiger partial charge in [0.25, 0.3) is 0 Å². The van der Waals surface area contributed by atoms with Crippen LogP contribution in [0.3, 0.4) is 0 Å². The number of pyridine rings is 1. The zero-order valence-electron chi connectivity index (χ0n) is 6.00. The molecule has 1 aromatic heterocycles. The van der Waals surface area contributed by atoms with E-state index in [1.54, 1.807) is 0 Å². The Kier molecular flexibility index (Phi) is 2.51. The summed E-state index contributed by atoms with van der Waals surface area (Å²) in [6.07, 6.45) is 1.49. The molecule has 0 saturated heterocycles. The predicted octanol–water partition coefficient (Wildman–Crippen LogP) is 0.179. The van der Waals surface area contributed by atoms with Crippen molar-refractivity contribution in [3.8, 4) is 0 Å². The second kappa shape index (κ2) is 3.41. The fraction of sp³-hybridized carbons (Fsp3) is 0.286. The van der Waals surface area contributed by atoms with E-state index in [1.165, 1.54) is 18.3 Å². The van der Waals surface area contributed by atoms with Crippen LogP contribution in [-0.2, 0) is 0 Å². The van der Waals surface area contributed by atoms with Gasteiger partial charge < -0.3 is 11.5 Å². The molecule has 1 aromatic rings. The normalized spacial score (nSPS) is 13.0. The van der Waals surface area contributed by atoms with Gasteiger partial charge in [-0.15, -0.1) is 0 Å². The van der Waals surface area contributed by atoms with E-state index in [2.05, 4.69) is 4.98 Å². The lowest BCUT2D eigenvalue weighted by molar-refractivity contribution is 0.568. The molecular formula is C7H10FN3. The zero-order valence-corrected chi connectivity index (χ0v) is 6.00. The standard InChI is InChI=1S/C7H10FN3/c8-5-2-1-3-11-7(5)6(10)4-9/h1-3,6H,4,9-10H2/t6-/m0/s1. The van der Waals surface area contributed by atoms with Gasteiger partial charge in [-0.2, -0.15) is 0 Å². The van der Waals surface area contributed by atoms with Crippen LogP contribution in [0.4, 0.5) is 4.39 Å². The molecule has 0 aliphatic carbocycles. The number of rotatable bonds is 2. The smallest absolute Gasteiger partial charge is 0.146 e. The first-order chi connectivity index (χ1) is 5.25. The average Bonchev–Trinajstić information content (AvgIpc) is 2.04. The topological polar surface area (TPSA) is 64.9 Å². The fourth-order valence-electron chi connectivity index (χ4n) is 0.782. The van der Waals surface area contributed by atoms with E-state index in [0.717, 1.165) is 0 Å². The van der Waals surface area contributed by atoms with Crippen molar-refractivity contribution in [3.05, 3.63) is 29.8 Å². The van der Waals surface area contributed by atoms with E-state index in [9.17, 15) is 4.39 Å². The van der Waals surface area contributed by atoms with E-state index in [-0.39, 0.29) is 12.2 Å².